The number of hydrogen-bond acceptors (Lipinski definition) is 21. The van der Waals surface area contributed by atoms with Crippen molar-refractivity contribution in [2.45, 2.75) is 157 Å². The number of hydroxylamine groups is 2. The van der Waals surface area contributed by atoms with Gasteiger partial charge in [0.25, 0.3) is 29.5 Å². The van der Waals surface area contributed by atoms with Gasteiger partial charge in [0.15, 0.2) is 0 Å². The van der Waals surface area contributed by atoms with Crippen molar-refractivity contribution in [2.75, 3.05) is 58.9 Å². The minimum Gasteiger partial charge on any atom is -0.445 e. The van der Waals surface area contributed by atoms with Crippen LogP contribution in [0.25, 0.3) is 0 Å². The van der Waals surface area contributed by atoms with E-state index in [1.807, 2.05) is 60.7 Å². The maximum absolute atomic E-state index is 12.7. The van der Waals surface area contributed by atoms with Crippen LogP contribution >= 0.6 is 0 Å². The predicted octanol–water partition coefficient (Wildman–Crippen LogP) is 0.231. The van der Waals surface area contributed by atoms with Gasteiger partial charge in [-0.05, 0) is 108 Å². The van der Waals surface area contributed by atoms with Crippen molar-refractivity contribution in [3.8, 4) is 0 Å². The van der Waals surface area contributed by atoms with Crippen LogP contribution in [0.5, 0.6) is 0 Å². The molecule has 10 fully saturated rings. The van der Waals surface area contributed by atoms with E-state index >= 15 is 0 Å². The van der Waals surface area contributed by atoms with Gasteiger partial charge in [-0.15, -0.1) is 5.06 Å². The summed E-state index contributed by atoms with van der Waals surface area (Å²) in [5.74, 6) is -3.12. The van der Waals surface area contributed by atoms with Gasteiger partial charge in [0.05, 0.1) is 18.1 Å². The average Bonchev–Trinajstić information content (AvgIpc) is 1.49. The number of fused-ring (bicyclic) bond motifs is 3. The first-order valence-electron chi connectivity index (χ1n) is 31.0. The van der Waals surface area contributed by atoms with Gasteiger partial charge in [-0.25, -0.2) is 36.9 Å². The van der Waals surface area contributed by atoms with Gasteiger partial charge in [-0.3, -0.25) is 37.6 Å². The number of rotatable bonds is 11. The third-order valence-corrected chi connectivity index (χ3v) is 20.5. The Morgan fingerprint density at radius 1 is 0.479 bits per heavy atom. The van der Waals surface area contributed by atoms with E-state index in [-0.39, 0.29) is 75.3 Å². The number of carbonyl (C=O) groups excluding carboxylic acids is 10. The van der Waals surface area contributed by atoms with Crippen LogP contribution in [0.4, 0.5) is 24.0 Å². The Hall–Kier alpha value is -8.01. The third kappa shape index (κ3) is 17.1. The molecular weight excluding hydrogens is 1300 g/mol. The van der Waals surface area contributed by atoms with Gasteiger partial charge in [0.1, 0.15) is 31.3 Å². The molecule has 8 N–H and O–H groups in total. The summed E-state index contributed by atoms with van der Waals surface area (Å²) in [5, 5.41) is 15.1. The minimum absolute atomic E-state index is 0.0512. The SMILES string of the molecule is O=C(N[C@@H]1CCCN(C(=O)OCc2ccccc2)CC1)ON1C(=O)CCC1=O.O=C(N[C@@H]1CCCNCC1)N1CC[C@@H]2[C@H]1C(=O)N2S(=O)(=O)O.O=C(OCc1ccccc1)N1CCC[C@@H](NC(=O)N2CC[C@@H]3[C@H]2C(=O)N3S(=O)(=O)O)CC1.O=C1[C@H]2NCC[C@H]2N1S(=O)(=O)O. The molecule has 94 heavy (non-hydrogen) atoms. The van der Waals surface area contributed by atoms with Crippen LogP contribution in [0.1, 0.15) is 101 Å². The van der Waals surface area contributed by atoms with Crippen molar-refractivity contribution in [3.63, 3.8) is 0 Å². The van der Waals surface area contributed by atoms with E-state index in [1.54, 1.807) is 9.80 Å². The molecule has 12 amide bonds. The Kier molecular flexibility index (Phi) is 22.9. The molecule has 0 radical (unpaired) electrons. The first-order chi connectivity index (χ1) is 44.7. The smallest absolute Gasteiger partial charge is 0.432 e. The van der Waals surface area contributed by atoms with E-state index in [4.69, 9.17) is 28.0 Å². The maximum Gasteiger partial charge on any atom is 0.432 e. The normalized spacial score (nSPS) is 26.6. The summed E-state index contributed by atoms with van der Waals surface area (Å²) in [4.78, 5) is 130. The first kappa shape index (κ1) is 70.3. The molecule has 0 aliphatic carbocycles. The molecule has 38 heteroatoms. The summed E-state index contributed by atoms with van der Waals surface area (Å²) in [5.41, 5.74) is 1.82. The Labute approximate surface area is 542 Å². The fraction of sp³-hybridized carbons (Fsp3) is 0.607. The van der Waals surface area contributed by atoms with Crippen LogP contribution in [0.15, 0.2) is 60.7 Å². The van der Waals surface area contributed by atoms with Gasteiger partial charge in [-0.2, -0.15) is 25.3 Å². The summed E-state index contributed by atoms with van der Waals surface area (Å²) < 4.78 is 105. The molecule has 12 rings (SSSR count). The van der Waals surface area contributed by atoms with Crippen molar-refractivity contribution in [1.82, 2.24) is 64.2 Å². The maximum atomic E-state index is 12.7. The van der Waals surface area contributed by atoms with Gasteiger partial charge in [0.2, 0.25) is 0 Å². The van der Waals surface area contributed by atoms with E-state index in [1.165, 1.54) is 9.80 Å². The Balaban J connectivity index is 0.000000154. The number of hydrogen-bond donors (Lipinski definition) is 8. The number of amides is 12. The zero-order chi connectivity index (χ0) is 67.6. The summed E-state index contributed by atoms with van der Waals surface area (Å²) in [6.07, 6.45) is 6.16. The number of urea groups is 2. The van der Waals surface area contributed by atoms with Gasteiger partial charge in [0, 0.05) is 70.2 Å². The number of β-lactam (4-membered cyclic amide) rings is 3. The molecule has 10 heterocycles. The van der Waals surface area contributed by atoms with Crippen LogP contribution in [-0.4, -0.2) is 250 Å². The molecule has 0 aromatic heterocycles. The standard InChI is InChI=1S/C20H26N4O7S.C19H23N3O6.C12H20N4O5S.C5H8N2O4S/c25-18-17-16(24(18)32(28,29)30)9-12-23(17)19(26)21-15-7-4-10-22(11-8-15)20(27)31-13-14-5-2-1-3-6-14;23-16-8-9-17(24)22(16)28-18(25)20-15-7-4-11-21(12-10-15)19(26)27-13-14-5-2-1-3-6-14;17-11-10-9(16(11)22(19,20)21)4-7-15(10)12(18)14-8-2-1-5-13-6-3-8;8-5-4-3(1-2-6-4)7(5)12(9,10)11/h1-3,5-6,15-17H,4,7-13H2,(H,21,26)(H,28,29,30);1-3,5-6,15H,4,7-13H2,(H,20,25);8-10,13H,1-7H2,(H,14,18)(H,19,20,21);3-4,6H,1-2H2,(H,9,10,11)/t15-,16-,17+;15-;8-,9-,10+;3-,4+/m1111/s1. The quantitative estimate of drug-likeness (QED) is 0.0848. The van der Waals surface area contributed by atoms with E-state index < -0.39 is 109 Å². The Morgan fingerprint density at radius 3 is 1.38 bits per heavy atom. The summed E-state index contributed by atoms with van der Waals surface area (Å²) in [7, 11) is -13.5. The predicted molar refractivity (Wildman–Crippen MR) is 323 cm³/mol. The molecule has 516 valence electrons. The number of nitrogens with one attached hydrogen (secondary N) is 5. The molecule has 0 saturated carbocycles. The van der Waals surface area contributed by atoms with Crippen LogP contribution in [0.2, 0.25) is 0 Å². The van der Waals surface area contributed by atoms with Crippen molar-refractivity contribution >= 4 is 90.8 Å². The largest absolute Gasteiger partial charge is 0.445 e. The van der Waals surface area contributed by atoms with Crippen LogP contribution < -0.4 is 26.6 Å². The fourth-order valence-electron chi connectivity index (χ4n) is 12.9. The Bertz CT molecular complexity index is 3480. The van der Waals surface area contributed by atoms with Crippen LogP contribution in [0, 0.1) is 0 Å². The molecule has 10 saturated heterocycles. The van der Waals surface area contributed by atoms with Crippen molar-refractivity contribution < 1.29 is 101 Å². The van der Waals surface area contributed by atoms with Crippen LogP contribution in [0.3, 0.4) is 0 Å². The van der Waals surface area contributed by atoms with E-state index in [0.717, 1.165) is 43.5 Å². The zero-order valence-corrected chi connectivity index (χ0v) is 53.5. The van der Waals surface area contributed by atoms with Gasteiger partial charge in [-0.1, -0.05) is 60.7 Å². The lowest BCUT2D eigenvalue weighted by Crippen LogP contribution is -2.69. The van der Waals surface area contributed by atoms with E-state index in [9.17, 15) is 73.2 Å². The highest BCUT2D eigenvalue weighted by atomic mass is 32.2. The van der Waals surface area contributed by atoms with Crippen molar-refractivity contribution in [2.24, 2.45) is 0 Å². The molecular formula is C56H77N13O22S3. The molecule has 0 spiro atoms. The second kappa shape index (κ2) is 30.6. The molecule has 0 unspecified atom stereocenters. The lowest BCUT2D eigenvalue weighted by molar-refractivity contribution is -0.171. The number of benzene rings is 2. The molecule has 10 aliphatic rings. The number of nitrogens with zero attached hydrogens (tertiary/aromatic N) is 8. The molecule has 0 bridgehead atoms. The van der Waals surface area contributed by atoms with Crippen molar-refractivity contribution in [1.29, 1.82) is 0 Å². The Morgan fingerprint density at radius 2 is 0.915 bits per heavy atom. The summed E-state index contributed by atoms with van der Waals surface area (Å²) >= 11 is 0. The van der Waals surface area contributed by atoms with Gasteiger partial charge < -0.3 is 60.5 Å². The average molecular weight is 1380 g/mol. The molecule has 2 aromatic carbocycles. The second-order valence-electron chi connectivity index (χ2n) is 23.8. The van der Waals surface area contributed by atoms with Gasteiger partial charge >= 0.3 is 61.3 Å². The lowest BCUT2D eigenvalue weighted by Gasteiger charge is -2.42. The number of carbonyl (C=O) groups is 10. The van der Waals surface area contributed by atoms with Crippen LogP contribution in [-0.2, 0) is 82.4 Å². The highest BCUT2D eigenvalue weighted by Crippen LogP contribution is 2.37. The minimum atomic E-state index is -4.61. The van der Waals surface area contributed by atoms with Crippen molar-refractivity contribution in [3.05, 3.63) is 71.8 Å². The first-order valence-corrected chi connectivity index (χ1v) is 35.1. The highest BCUT2D eigenvalue weighted by Gasteiger charge is 2.61. The third-order valence-electron chi connectivity index (χ3n) is 17.6. The molecule has 2 aromatic rings. The fourth-order valence-corrected chi connectivity index (χ4v) is 15.6. The molecule has 10 aliphatic heterocycles. The summed E-state index contributed by atoms with van der Waals surface area (Å²) in [6.45, 7) is 5.25. The monoisotopic (exact) mass is 1380 g/mol. The lowest BCUT2D eigenvalue weighted by atomic mass is 10.0. The molecule has 9 atom stereocenters. The number of ether oxygens (including phenoxy) is 2. The molecule has 35 nitrogen and oxygen atoms in total. The zero-order valence-electron chi connectivity index (χ0n) is 51.0. The summed E-state index contributed by atoms with van der Waals surface area (Å²) in [6, 6.07) is 14.0. The van der Waals surface area contributed by atoms with E-state index in [2.05, 4.69) is 26.6 Å². The van der Waals surface area contributed by atoms with E-state index in [0.29, 0.717) is 109 Å². The highest BCUT2D eigenvalue weighted by molar-refractivity contribution is 7.84. The topological polar surface area (TPSA) is 448 Å². The number of imide groups is 1. The second-order valence-corrected chi connectivity index (χ2v) is 27.7. The number of likely N-dealkylation sites (tertiary alicyclic amines) is 4.